The van der Waals surface area contributed by atoms with Crippen molar-refractivity contribution >= 4 is 17.5 Å². The van der Waals surface area contributed by atoms with Gasteiger partial charge in [-0.05, 0) is 61.4 Å². The smallest absolute Gasteiger partial charge is 0.261 e. The molecule has 2 aromatic carbocycles. The molecule has 29 heavy (non-hydrogen) atoms. The molecular weight excluding hydrogens is 390 g/mol. The van der Waals surface area contributed by atoms with E-state index in [1.54, 1.807) is 35.2 Å². The van der Waals surface area contributed by atoms with E-state index in [-0.39, 0.29) is 19.1 Å². The molecule has 0 unspecified atom stereocenters. The summed E-state index contributed by atoms with van der Waals surface area (Å²) < 4.78 is 11.0. The van der Waals surface area contributed by atoms with Gasteiger partial charge in [0.05, 0.1) is 0 Å². The summed E-state index contributed by atoms with van der Waals surface area (Å²) in [6.07, 6.45) is 1.64. The fraction of sp³-hybridized carbons (Fsp3) is 0.227. The quantitative estimate of drug-likeness (QED) is 0.506. The fourth-order valence-electron chi connectivity index (χ4n) is 2.86. The summed E-state index contributed by atoms with van der Waals surface area (Å²) in [6, 6.07) is 13.0. The Bertz CT molecular complexity index is 979. The Morgan fingerprint density at radius 1 is 1.21 bits per heavy atom. The maximum Gasteiger partial charge on any atom is 0.261 e. The number of rotatable bonds is 8. The van der Waals surface area contributed by atoms with Gasteiger partial charge < -0.3 is 14.2 Å². The Hall–Kier alpha value is -3.12. The van der Waals surface area contributed by atoms with Crippen molar-refractivity contribution in [2.24, 2.45) is 0 Å². The number of amides is 1. The van der Waals surface area contributed by atoms with E-state index in [2.05, 4.69) is 16.7 Å². The number of ether oxygens (including phenoxy) is 1. The lowest BCUT2D eigenvalue weighted by Crippen LogP contribution is -2.34. The van der Waals surface area contributed by atoms with Crippen LogP contribution in [0.15, 0.2) is 59.6 Å². The number of carbonyl (C=O) groups is 1. The van der Waals surface area contributed by atoms with Crippen LogP contribution in [-0.4, -0.2) is 34.1 Å². The van der Waals surface area contributed by atoms with E-state index < -0.39 is 0 Å². The van der Waals surface area contributed by atoms with Gasteiger partial charge in [-0.1, -0.05) is 28.9 Å². The molecule has 0 saturated carbocycles. The third-order valence-corrected chi connectivity index (χ3v) is 4.41. The molecular formula is C22H22ClN3O3. The summed E-state index contributed by atoms with van der Waals surface area (Å²) >= 11 is 5.90. The number of hydrogen-bond donors (Lipinski definition) is 0. The van der Waals surface area contributed by atoms with Crippen LogP contribution in [0.3, 0.4) is 0 Å². The van der Waals surface area contributed by atoms with E-state index in [1.165, 1.54) is 0 Å². The van der Waals surface area contributed by atoms with E-state index in [0.717, 1.165) is 16.7 Å². The highest BCUT2D eigenvalue weighted by molar-refractivity contribution is 6.30. The lowest BCUT2D eigenvalue weighted by molar-refractivity contribution is -0.133. The number of aromatic nitrogens is 2. The molecule has 0 radical (unpaired) electrons. The molecule has 0 spiro atoms. The van der Waals surface area contributed by atoms with Gasteiger partial charge in [-0.15, -0.1) is 6.58 Å². The molecule has 0 N–H and O–H groups in total. The maximum absolute atomic E-state index is 12.6. The third-order valence-electron chi connectivity index (χ3n) is 4.16. The van der Waals surface area contributed by atoms with Crippen LogP contribution in [0.25, 0.3) is 11.4 Å². The zero-order chi connectivity index (χ0) is 20.8. The summed E-state index contributed by atoms with van der Waals surface area (Å²) in [5, 5.41) is 4.61. The highest BCUT2D eigenvalue weighted by atomic mass is 35.5. The molecule has 7 heteroatoms. The number of nitrogens with zero attached hydrogens (tertiary/aromatic N) is 3. The van der Waals surface area contributed by atoms with Gasteiger partial charge in [0.15, 0.2) is 6.61 Å². The summed E-state index contributed by atoms with van der Waals surface area (Å²) in [5.41, 5.74) is 2.94. The monoisotopic (exact) mass is 411 g/mol. The first-order chi connectivity index (χ1) is 13.9. The van der Waals surface area contributed by atoms with E-state index in [1.807, 2.05) is 32.0 Å². The van der Waals surface area contributed by atoms with E-state index >= 15 is 0 Å². The van der Waals surface area contributed by atoms with Gasteiger partial charge in [0.1, 0.15) is 12.3 Å². The second-order valence-corrected chi connectivity index (χ2v) is 7.13. The number of hydrogen-bond acceptors (Lipinski definition) is 5. The number of aryl methyl sites for hydroxylation is 2. The molecule has 0 bridgehead atoms. The molecule has 1 amide bonds. The van der Waals surface area contributed by atoms with Crippen LogP contribution >= 0.6 is 11.6 Å². The first kappa shape index (κ1) is 20.6. The van der Waals surface area contributed by atoms with Gasteiger partial charge >= 0.3 is 0 Å². The van der Waals surface area contributed by atoms with E-state index in [9.17, 15) is 4.79 Å². The minimum atomic E-state index is -0.199. The molecule has 1 aromatic heterocycles. The van der Waals surface area contributed by atoms with E-state index in [4.69, 9.17) is 20.9 Å². The van der Waals surface area contributed by atoms with Crippen molar-refractivity contribution in [3.63, 3.8) is 0 Å². The molecule has 6 nitrogen and oxygen atoms in total. The predicted octanol–water partition coefficient (Wildman–Crippen LogP) is 4.60. The molecule has 0 aliphatic heterocycles. The van der Waals surface area contributed by atoms with Gasteiger partial charge in [-0.2, -0.15) is 4.98 Å². The minimum absolute atomic E-state index is 0.0884. The average Bonchev–Trinajstić information content (AvgIpc) is 3.14. The first-order valence-corrected chi connectivity index (χ1v) is 9.50. The molecule has 0 aliphatic carbocycles. The highest BCUT2D eigenvalue weighted by Gasteiger charge is 2.18. The van der Waals surface area contributed by atoms with Crippen molar-refractivity contribution in [2.45, 2.75) is 20.4 Å². The zero-order valence-electron chi connectivity index (χ0n) is 16.4. The molecule has 0 saturated heterocycles. The average molecular weight is 412 g/mol. The third kappa shape index (κ3) is 5.68. The normalized spacial score (nSPS) is 10.6. The van der Waals surface area contributed by atoms with Crippen molar-refractivity contribution in [3.8, 4) is 17.1 Å². The van der Waals surface area contributed by atoms with Crippen molar-refractivity contribution in [2.75, 3.05) is 13.2 Å². The Kier molecular flexibility index (Phi) is 6.67. The zero-order valence-corrected chi connectivity index (χ0v) is 17.1. The van der Waals surface area contributed by atoms with Crippen LogP contribution in [0.1, 0.15) is 17.0 Å². The minimum Gasteiger partial charge on any atom is -0.484 e. The van der Waals surface area contributed by atoms with Crippen LogP contribution in [0.2, 0.25) is 5.02 Å². The summed E-state index contributed by atoms with van der Waals surface area (Å²) in [6.45, 7) is 8.11. The molecule has 3 rings (SSSR count). The first-order valence-electron chi connectivity index (χ1n) is 9.13. The molecule has 1 heterocycles. The van der Waals surface area contributed by atoms with Gasteiger partial charge in [0.25, 0.3) is 5.91 Å². The number of benzene rings is 2. The summed E-state index contributed by atoms with van der Waals surface area (Å²) in [5.74, 6) is 1.23. The number of halogens is 1. The Morgan fingerprint density at radius 2 is 1.90 bits per heavy atom. The van der Waals surface area contributed by atoms with Gasteiger partial charge in [0.2, 0.25) is 11.7 Å². The molecule has 150 valence electrons. The SMILES string of the molecule is C=CCN(Cc1nc(-c2ccc(Cl)cc2)no1)C(=O)COc1cc(C)cc(C)c1. The lowest BCUT2D eigenvalue weighted by atomic mass is 10.1. The van der Waals surface area contributed by atoms with Crippen LogP contribution in [-0.2, 0) is 11.3 Å². The van der Waals surface area contributed by atoms with Crippen LogP contribution in [0.5, 0.6) is 5.75 Å². The van der Waals surface area contributed by atoms with Crippen molar-refractivity contribution in [1.82, 2.24) is 15.0 Å². The van der Waals surface area contributed by atoms with Gasteiger partial charge in [-0.25, -0.2) is 0 Å². The highest BCUT2D eigenvalue weighted by Crippen LogP contribution is 2.19. The fourth-order valence-corrected chi connectivity index (χ4v) is 2.99. The second kappa shape index (κ2) is 9.39. The predicted molar refractivity (Wildman–Crippen MR) is 112 cm³/mol. The van der Waals surface area contributed by atoms with Gasteiger partial charge in [-0.3, -0.25) is 4.79 Å². The van der Waals surface area contributed by atoms with Crippen molar-refractivity contribution in [3.05, 3.63) is 77.2 Å². The summed E-state index contributed by atoms with van der Waals surface area (Å²) in [4.78, 5) is 18.6. The standard InChI is InChI=1S/C22H22ClN3O3/c1-4-9-26(21(27)14-28-19-11-15(2)10-16(3)12-19)13-20-24-22(25-29-20)17-5-7-18(23)8-6-17/h4-8,10-12H,1,9,13-14H2,2-3H3. The largest absolute Gasteiger partial charge is 0.484 e. The topological polar surface area (TPSA) is 68.5 Å². The van der Waals surface area contributed by atoms with Crippen molar-refractivity contribution in [1.29, 1.82) is 0 Å². The molecule has 0 fully saturated rings. The Labute approximate surface area is 174 Å². The Balaban J connectivity index is 1.65. The Morgan fingerprint density at radius 3 is 2.55 bits per heavy atom. The molecule has 0 atom stereocenters. The van der Waals surface area contributed by atoms with Crippen molar-refractivity contribution < 1.29 is 14.1 Å². The second-order valence-electron chi connectivity index (χ2n) is 6.69. The number of carbonyl (C=O) groups excluding carboxylic acids is 1. The van der Waals surface area contributed by atoms with Crippen LogP contribution < -0.4 is 4.74 Å². The molecule has 3 aromatic rings. The molecule has 0 aliphatic rings. The maximum atomic E-state index is 12.6. The van der Waals surface area contributed by atoms with Crippen LogP contribution in [0.4, 0.5) is 0 Å². The lowest BCUT2D eigenvalue weighted by Gasteiger charge is -2.19. The van der Waals surface area contributed by atoms with Crippen LogP contribution in [0, 0.1) is 13.8 Å². The van der Waals surface area contributed by atoms with E-state index in [0.29, 0.717) is 29.0 Å². The van der Waals surface area contributed by atoms with Gasteiger partial charge in [0, 0.05) is 17.1 Å². The summed E-state index contributed by atoms with van der Waals surface area (Å²) in [7, 11) is 0.